The summed E-state index contributed by atoms with van der Waals surface area (Å²) >= 11 is 12.9. The Morgan fingerprint density at radius 2 is 1.50 bits per heavy atom. The third-order valence-corrected chi connectivity index (χ3v) is 9.97. The standard InChI is InChI=1S/C33H25Cl2N7O8S2.2K/c34-26-17-24(52(47,48)49)18-27(35)31(26)42-32(25(19-36)30(40-42)20-5-2-1-3-6-20)39-38-28-10-9-22(41-11-13-50-14-12-41)16-29(28)37-33(43)21-7-4-8-23(15-21)51(44,45)46;;/h1-10,15-18H,11-14H2,(H,37,43)(H,44,45,46)(H,47,48,49);;/q;2*+1/p-2. The Bertz CT molecular complexity index is 2490. The number of carbonyl (C=O) groups excluding carboxylic acids is 1. The van der Waals surface area contributed by atoms with Crippen LogP contribution in [-0.4, -0.2) is 67.9 Å². The maximum absolute atomic E-state index is 13.4. The quantitative estimate of drug-likeness (QED) is 0.118. The van der Waals surface area contributed by atoms with Crippen molar-refractivity contribution in [1.82, 2.24) is 9.78 Å². The predicted octanol–water partition coefficient (Wildman–Crippen LogP) is 0.0383. The molecule has 1 aromatic heterocycles. The fourth-order valence-corrected chi connectivity index (χ4v) is 7.08. The molecule has 1 saturated heterocycles. The van der Waals surface area contributed by atoms with Gasteiger partial charge in [-0.05, 0) is 48.5 Å². The fraction of sp³-hybridized carbons (Fsp3) is 0.121. The summed E-state index contributed by atoms with van der Waals surface area (Å²) in [5, 5.41) is 25.7. The second-order valence-corrected chi connectivity index (χ2v) is 14.6. The molecular weight excluding hydrogens is 836 g/mol. The molecule has 0 aliphatic carbocycles. The molecule has 6 rings (SSSR count). The molecule has 1 amide bonds. The van der Waals surface area contributed by atoms with Crippen LogP contribution in [0.15, 0.2) is 105 Å². The van der Waals surface area contributed by atoms with E-state index in [0.29, 0.717) is 37.6 Å². The molecule has 0 atom stereocenters. The number of benzene rings is 4. The summed E-state index contributed by atoms with van der Waals surface area (Å²) in [5.74, 6) is -0.951. The Balaban J connectivity index is 0.00000325. The van der Waals surface area contributed by atoms with Gasteiger partial charge in [-0.2, -0.15) is 10.4 Å². The normalized spacial score (nSPS) is 13.1. The number of ether oxygens (including phenoxy) is 1. The first-order chi connectivity index (χ1) is 24.7. The van der Waals surface area contributed by atoms with Crippen LogP contribution in [0.1, 0.15) is 15.9 Å². The zero-order valence-corrected chi connectivity index (χ0v) is 37.8. The van der Waals surface area contributed by atoms with Gasteiger partial charge in [-0.1, -0.05) is 59.6 Å². The first-order valence-corrected chi connectivity index (χ1v) is 18.6. The van der Waals surface area contributed by atoms with Crippen molar-refractivity contribution in [3.05, 3.63) is 106 Å². The molecule has 1 aliphatic heterocycles. The van der Waals surface area contributed by atoms with E-state index in [0.717, 1.165) is 28.9 Å². The molecule has 266 valence electrons. The van der Waals surface area contributed by atoms with E-state index in [4.69, 9.17) is 27.9 Å². The van der Waals surface area contributed by atoms with Crippen LogP contribution in [0.25, 0.3) is 16.9 Å². The molecule has 54 heavy (non-hydrogen) atoms. The summed E-state index contributed by atoms with van der Waals surface area (Å²) in [6, 6.07) is 22.0. The smallest absolute Gasteiger partial charge is 0.744 e. The predicted molar refractivity (Wildman–Crippen MR) is 188 cm³/mol. The number of rotatable bonds is 9. The van der Waals surface area contributed by atoms with Crippen LogP contribution in [0.2, 0.25) is 10.0 Å². The number of nitrogens with one attached hydrogen (secondary N) is 1. The van der Waals surface area contributed by atoms with E-state index in [-0.39, 0.29) is 153 Å². The first kappa shape index (κ1) is 44.8. The molecule has 1 N–H and O–H groups in total. The number of anilines is 2. The van der Waals surface area contributed by atoms with E-state index < -0.39 is 35.9 Å². The maximum atomic E-state index is 13.4. The van der Waals surface area contributed by atoms with Gasteiger partial charge < -0.3 is 24.1 Å². The van der Waals surface area contributed by atoms with Gasteiger partial charge in [-0.15, -0.1) is 10.2 Å². The SMILES string of the molecule is N#Cc1c(-c2ccccc2)nn(-c2c(Cl)cc(S(=O)(=O)[O-])cc2Cl)c1N=Nc1ccc(N2CCOCC2)cc1NC(=O)c1cccc(S(=O)(=O)[O-])c1.[K+].[K+]. The number of halogens is 2. The Morgan fingerprint density at radius 1 is 0.852 bits per heavy atom. The number of azo groups is 1. The molecule has 0 spiro atoms. The van der Waals surface area contributed by atoms with Crippen LogP contribution in [0.4, 0.5) is 22.9 Å². The summed E-state index contributed by atoms with van der Waals surface area (Å²) in [5.41, 5.74) is 1.25. The average molecular weight is 859 g/mol. The van der Waals surface area contributed by atoms with Crippen molar-refractivity contribution >= 4 is 72.2 Å². The average Bonchev–Trinajstić information content (AvgIpc) is 3.48. The van der Waals surface area contributed by atoms with E-state index in [2.05, 4.69) is 26.7 Å². The van der Waals surface area contributed by atoms with Gasteiger partial charge in [-0.25, -0.2) is 21.5 Å². The summed E-state index contributed by atoms with van der Waals surface area (Å²) in [4.78, 5) is 14.1. The van der Waals surface area contributed by atoms with Gasteiger partial charge in [0, 0.05) is 29.9 Å². The summed E-state index contributed by atoms with van der Waals surface area (Å²) in [6.07, 6.45) is 0. The minimum atomic E-state index is -4.94. The third-order valence-electron chi connectivity index (χ3n) is 7.75. The largest absolute Gasteiger partial charge is 1.00 e. The molecule has 1 aliphatic rings. The summed E-state index contributed by atoms with van der Waals surface area (Å²) in [6.45, 7) is 2.05. The van der Waals surface area contributed by atoms with Crippen LogP contribution in [0.5, 0.6) is 0 Å². The van der Waals surface area contributed by atoms with Crippen molar-refractivity contribution in [3.63, 3.8) is 0 Å². The van der Waals surface area contributed by atoms with Gasteiger partial charge in [0.05, 0.1) is 38.7 Å². The van der Waals surface area contributed by atoms with Crippen molar-refractivity contribution in [1.29, 1.82) is 5.26 Å². The first-order valence-electron chi connectivity index (χ1n) is 15.0. The van der Waals surface area contributed by atoms with E-state index in [1.54, 1.807) is 48.5 Å². The number of hydrogen-bond donors (Lipinski definition) is 1. The second kappa shape index (κ2) is 19.0. The van der Waals surface area contributed by atoms with Gasteiger partial charge in [0.15, 0.2) is 5.82 Å². The summed E-state index contributed by atoms with van der Waals surface area (Å²) in [7, 11) is -9.79. The molecular formula is C33H23Cl2K2N7O8S2. The molecule has 15 nitrogen and oxygen atoms in total. The number of nitriles is 1. The van der Waals surface area contributed by atoms with Crippen LogP contribution >= 0.6 is 23.2 Å². The van der Waals surface area contributed by atoms with Crippen molar-refractivity contribution in [2.45, 2.75) is 9.79 Å². The molecule has 5 aromatic rings. The van der Waals surface area contributed by atoms with E-state index in [9.17, 15) is 36.0 Å². The molecule has 0 bridgehead atoms. The number of nitrogens with zero attached hydrogens (tertiary/aromatic N) is 6. The van der Waals surface area contributed by atoms with Crippen molar-refractivity contribution in [2.24, 2.45) is 10.2 Å². The molecule has 0 radical (unpaired) electrons. The number of hydrogen-bond acceptors (Lipinski definition) is 13. The Morgan fingerprint density at radius 3 is 2.11 bits per heavy atom. The van der Waals surface area contributed by atoms with Crippen LogP contribution in [0.3, 0.4) is 0 Å². The second-order valence-electron chi connectivity index (χ2n) is 11.1. The fourth-order valence-electron chi connectivity index (χ4n) is 5.27. The number of carbonyl (C=O) groups is 1. The molecule has 0 saturated carbocycles. The topological polar surface area (TPSA) is 222 Å². The third kappa shape index (κ3) is 10.3. The Hall–Kier alpha value is -1.92. The maximum Gasteiger partial charge on any atom is 1.00 e. The van der Waals surface area contributed by atoms with E-state index in [1.807, 2.05) is 4.90 Å². The number of aromatic nitrogens is 2. The molecule has 2 heterocycles. The van der Waals surface area contributed by atoms with Gasteiger partial charge >= 0.3 is 103 Å². The van der Waals surface area contributed by atoms with Gasteiger partial charge in [-0.3, -0.25) is 4.79 Å². The minimum Gasteiger partial charge on any atom is -0.744 e. The molecule has 1 fully saturated rings. The van der Waals surface area contributed by atoms with Crippen molar-refractivity contribution in [2.75, 3.05) is 36.5 Å². The number of morpholine rings is 1. The summed E-state index contributed by atoms with van der Waals surface area (Å²) < 4.78 is 76.6. The Labute approximate surface area is 405 Å². The molecule has 21 heteroatoms. The van der Waals surface area contributed by atoms with Crippen LogP contribution in [0, 0.1) is 11.3 Å². The monoisotopic (exact) mass is 857 g/mol. The van der Waals surface area contributed by atoms with Crippen molar-refractivity contribution < 1.29 is 138 Å². The van der Waals surface area contributed by atoms with Gasteiger partial charge in [0.25, 0.3) is 5.91 Å². The zero-order chi connectivity index (χ0) is 37.2. The molecule has 4 aromatic carbocycles. The molecule has 0 unspecified atom stereocenters. The van der Waals surface area contributed by atoms with Gasteiger partial charge in [0.2, 0.25) is 0 Å². The Kier molecular flexibility index (Phi) is 15.8. The number of amides is 1. The van der Waals surface area contributed by atoms with Crippen molar-refractivity contribution in [3.8, 4) is 23.0 Å². The van der Waals surface area contributed by atoms with Crippen LogP contribution < -0.4 is 113 Å². The van der Waals surface area contributed by atoms with E-state index in [1.165, 1.54) is 12.1 Å². The van der Waals surface area contributed by atoms with Crippen LogP contribution in [-0.2, 0) is 25.0 Å². The zero-order valence-electron chi connectivity index (χ0n) is 28.4. The van der Waals surface area contributed by atoms with Gasteiger partial charge in [0.1, 0.15) is 48.9 Å². The van der Waals surface area contributed by atoms with E-state index >= 15 is 0 Å². The minimum absolute atomic E-state index is 0.